The molecule has 0 bridgehead atoms. The summed E-state index contributed by atoms with van der Waals surface area (Å²) in [5.41, 5.74) is 0. The fourth-order valence-electron chi connectivity index (χ4n) is 1.79. The number of likely N-dealkylation sites (tertiary alicyclic amines) is 1. The Kier molecular flexibility index (Phi) is 4.01. The van der Waals surface area contributed by atoms with Crippen LogP contribution in [0, 0.1) is 0 Å². The number of nitrogens with zero attached hydrogens (tertiary/aromatic N) is 1. The highest BCUT2D eigenvalue weighted by Crippen LogP contribution is 2.41. The lowest BCUT2D eigenvalue weighted by molar-refractivity contribution is 0.190. The summed E-state index contributed by atoms with van der Waals surface area (Å²) in [5, 5.41) is 0. The van der Waals surface area contributed by atoms with Crippen LogP contribution in [0.4, 0.5) is 0 Å². The third-order valence-corrected chi connectivity index (χ3v) is 6.88. The zero-order valence-electron chi connectivity index (χ0n) is 7.20. The molecule has 0 N–H and O–H groups in total. The average molecular weight is 221 g/mol. The standard InChI is InChI=1S/C8H15NS3/c1-2-4-9(5-3-1)8-6-10-12-11-7-8/h8H,1-7H2. The second-order valence-electron chi connectivity index (χ2n) is 3.39. The Balaban J connectivity index is 1.80. The Morgan fingerprint density at radius 1 is 0.917 bits per heavy atom. The van der Waals surface area contributed by atoms with Crippen LogP contribution in [0.3, 0.4) is 0 Å². The minimum Gasteiger partial charge on any atom is -0.299 e. The van der Waals surface area contributed by atoms with E-state index in [4.69, 9.17) is 0 Å². The molecule has 2 aliphatic heterocycles. The van der Waals surface area contributed by atoms with Gasteiger partial charge in [-0.3, -0.25) is 4.90 Å². The van der Waals surface area contributed by atoms with Gasteiger partial charge in [-0.15, -0.1) is 0 Å². The number of hydrogen-bond donors (Lipinski definition) is 0. The first kappa shape index (κ1) is 9.56. The van der Waals surface area contributed by atoms with Gasteiger partial charge in [0.1, 0.15) is 0 Å². The van der Waals surface area contributed by atoms with Gasteiger partial charge in [-0.05, 0) is 35.8 Å². The van der Waals surface area contributed by atoms with Crippen LogP contribution in [0.15, 0.2) is 0 Å². The summed E-state index contributed by atoms with van der Waals surface area (Å²) in [7, 11) is 6.04. The first-order valence-electron chi connectivity index (χ1n) is 4.62. The van der Waals surface area contributed by atoms with Crippen LogP contribution < -0.4 is 0 Å². The van der Waals surface area contributed by atoms with Crippen molar-refractivity contribution < 1.29 is 0 Å². The van der Waals surface area contributed by atoms with E-state index in [2.05, 4.69) is 4.90 Å². The Labute approximate surface area is 86.2 Å². The number of hydrogen-bond acceptors (Lipinski definition) is 4. The molecule has 0 unspecified atom stereocenters. The lowest BCUT2D eigenvalue weighted by Gasteiger charge is -2.35. The summed E-state index contributed by atoms with van der Waals surface area (Å²) in [4.78, 5) is 2.70. The molecule has 0 aromatic rings. The average Bonchev–Trinajstić information content (AvgIpc) is 2.21. The largest absolute Gasteiger partial charge is 0.299 e. The summed E-state index contributed by atoms with van der Waals surface area (Å²) in [6.07, 6.45) is 4.32. The van der Waals surface area contributed by atoms with Crippen LogP contribution in [0.2, 0.25) is 0 Å². The van der Waals surface area contributed by atoms with Crippen molar-refractivity contribution >= 4 is 31.4 Å². The molecule has 2 fully saturated rings. The molecule has 70 valence electrons. The second-order valence-corrected chi connectivity index (χ2v) is 7.71. The lowest BCUT2D eigenvalue weighted by Crippen LogP contribution is -2.42. The molecule has 2 heterocycles. The van der Waals surface area contributed by atoms with Crippen molar-refractivity contribution in [3.05, 3.63) is 0 Å². The van der Waals surface area contributed by atoms with Crippen LogP contribution in [0.5, 0.6) is 0 Å². The van der Waals surface area contributed by atoms with Gasteiger partial charge in [-0.2, -0.15) is 0 Å². The second kappa shape index (κ2) is 5.03. The summed E-state index contributed by atoms with van der Waals surface area (Å²) < 4.78 is 0. The zero-order chi connectivity index (χ0) is 8.23. The Hall–Kier alpha value is 1.01. The fraction of sp³-hybridized carbons (Fsp3) is 1.00. The van der Waals surface area contributed by atoms with E-state index in [1.807, 2.05) is 31.4 Å². The van der Waals surface area contributed by atoms with E-state index in [9.17, 15) is 0 Å². The van der Waals surface area contributed by atoms with Crippen molar-refractivity contribution in [1.29, 1.82) is 0 Å². The normalized spacial score (nSPS) is 29.0. The zero-order valence-corrected chi connectivity index (χ0v) is 9.65. The van der Waals surface area contributed by atoms with E-state index < -0.39 is 0 Å². The van der Waals surface area contributed by atoms with Gasteiger partial charge >= 0.3 is 0 Å². The molecule has 1 nitrogen and oxygen atoms in total. The predicted octanol–water partition coefficient (Wildman–Crippen LogP) is 2.88. The van der Waals surface area contributed by atoms with Gasteiger partial charge in [-0.25, -0.2) is 0 Å². The topological polar surface area (TPSA) is 3.24 Å². The minimum atomic E-state index is 0.876. The van der Waals surface area contributed by atoms with Crippen LogP contribution in [-0.2, 0) is 0 Å². The molecule has 0 aromatic heterocycles. The lowest BCUT2D eigenvalue weighted by atomic mass is 10.1. The van der Waals surface area contributed by atoms with Crippen LogP contribution in [-0.4, -0.2) is 35.5 Å². The molecule has 0 amide bonds. The van der Waals surface area contributed by atoms with Crippen LogP contribution in [0.1, 0.15) is 19.3 Å². The van der Waals surface area contributed by atoms with E-state index in [0.717, 1.165) is 6.04 Å². The van der Waals surface area contributed by atoms with Gasteiger partial charge in [0.2, 0.25) is 0 Å². The molecular weight excluding hydrogens is 206 g/mol. The Morgan fingerprint density at radius 2 is 1.58 bits per heavy atom. The van der Waals surface area contributed by atoms with E-state index >= 15 is 0 Å². The molecule has 0 aromatic carbocycles. The van der Waals surface area contributed by atoms with Gasteiger partial charge in [0, 0.05) is 17.5 Å². The number of piperidine rings is 1. The quantitative estimate of drug-likeness (QED) is 0.626. The Bertz CT molecular complexity index is 114. The molecule has 4 heteroatoms. The van der Waals surface area contributed by atoms with E-state index in [1.165, 1.54) is 43.9 Å². The van der Waals surface area contributed by atoms with Crippen molar-refractivity contribution in [3.8, 4) is 0 Å². The molecule has 0 radical (unpaired) electrons. The summed E-state index contributed by atoms with van der Waals surface area (Å²) in [5.74, 6) is 2.69. The van der Waals surface area contributed by atoms with Gasteiger partial charge in [0.25, 0.3) is 0 Å². The van der Waals surface area contributed by atoms with Gasteiger partial charge < -0.3 is 0 Å². The molecule has 0 aliphatic carbocycles. The van der Waals surface area contributed by atoms with E-state index in [1.54, 1.807) is 0 Å². The van der Waals surface area contributed by atoms with Crippen LogP contribution in [0.25, 0.3) is 0 Å². The molecule has 2 aliphatic rings. The molecule has 0 atom stereocenters. The van der Waals surface area contributed by atoms with Crippen molar-refractivity contribution in [2.24, 2.45) is 0 Å². The maximum atomic E-state index is 2.70. The van der Waals surface area contributed by atoms with Gasteiger partial charge in [0.05, 0.1) is 0 Å². The molecule has 0 spiro atoms. The molecule has 0 saturated carbocycles. The van der Waals surface area contributed by atoms with Crippen LogP contribution >= 0.6 is 31.4 Å². The van der Waals surface area contributed by atoms with E-state index in [-0.39, 0.29) is 0 Å². The van der Waals surface area contributed by atoms with E-state index in [0.29, 0.717) is 0 Å². The highest BCUT2D eigenvalue weighted by molar-refractivity contribution is 9.09. The third kappa shape index (κ3) is 2.50. The summed E-state index contributed by atoms with van der Waals surface area (Å²) in [6, 6.07) is 0.876. The first-order chi connectivity index (χ1) is 5.97. The third-order valence-electron chi connectivity index (χ3n) is 2.52. The van der Waals surface area contributed by atoms with Gasteiger partial charge in [0.15, 0.2) is 0 Å². The molecule has 12 heavy (non-hydrogen) atoms. The van der Waals surface area contributed by atoms with Crippen molar-refractivity contribution in [2.75, 3.05) is 24.6 Å². The monoisotopic (exact) mass is 221 g/mol. The molecule has 2 rings (SSSR count). The fourth-order valence-corrected chi connectivity index (χ4v) is 6.18. The maximum Gasteiger partial charge on any atom is 0.0294 e. The predicted molar refractivity (Wildman–Crippen MR) is 61.7 cm³/mol. The maximum absolute atomic E-state index is 2.70. The van der Waals surface area contributed by atoms with Gasteiger partial charge in [-0.1, -0.05) is 28.0 Å². The van der Waals surface area contributed by atoms with Crippen molar-refractivity contribution in [3.63, 3.8) is 0 Å². The summed E-state index contributed by atoms with van der Waals surface area (Å²) >= 11 is 0. The van der Waals surface area contributed by atoms with Crippen molar-refractivity contribution in [2.45, 2.75) is 25.3 Å². The smallest absolute Gasteiger partial charge is 0.0294 e. The van der Waals surface area contributed by atoms with Crippen molar-refractivity contribution in [1.82, 2.24) is 4.90 Å². The SMILES string of the molecule is C1CCN(C2CSSSC2)CC1. The highest BCUT2D eigenvalue weighted by atomic mass is 33.5. The number of rotatable bonds is 1. The summed E-state index contributed by atoms with van der Waals surface area (Å²) in [6.45, 7) is 2.72. The Morgan fingerprint density at radius 3 is 2.25 bits per heavy atom. The highest BCUT2D eigenvalue weighted by Gasteiger charge is 2.23. The molecule has 2 saturated heterocycles. The first-order valence-corrected chi connectivity index (χ1v) is 8.44. The molecular formula is C8H15NS3. The minimum absolute atomic E-state index is 0.876.